The minimum Gasteiger partial charge on any atom is -0.309 e. The standard InChI is InChI=1S/C52H32N2S/c1-3-12-33(13-4-1)36-22-25-46-42(29-36)43-30-37(23-26-47(43)53(46)39-16-5-2-6-17-39)38-24-27-48-44(31-38)45-28-34-14-7-8-15-35(34)32-50(45)54(48)49-20-11-19-41-40-18-9-10-21-51(40)55-52(41)49/h1-32H. The minimum absolute atomic E-state index is 1.16. The van der Waals surface area contributed by atoms with E-state index in [4.69, 9.17) is 0 Å². The van der Waals surface area contributed by atoms with Gasteiger partial charge < -0.3 is 9.13 Å². The van der Waals surface area contributed by atoms with E-state index in [0.29, 0.717) is 0 Å². The Hall–Kier alpha value is -6.94. The molecule has 0 fully saturated rings. The number of rotatable bonds is 4. The largest absolute Gasteiger partial charge is 0.309 e. The maximum Gasteiger partial charge on any atom is 0.0640 e. The average molecular weight is 717 g/mol. The third kappa shape index (κ3) is 4.60. The molecule has 0 saturated heterocycles. The molecule has 0 bridgehead atoms. The Kier molecular flexibility index (Phi) is 6.54. The van der Waals surface area contributed by atoms with Gasteiger partial charge in [-0.15, -0.1) is 11.3 Å². The zero-order valence-electron chi connectivity index (χ0n) is 29.8. The molecule has 0 spiro atoms. The summed E-state index contributed by atoms with van der Waals surface area (Å²) >= 11 is 1.89. The maximum absolute atomic E-state index is 2.50. The SMILES string of the molecule is c1ccc(-c2ccc3c(c2)c2cc(-c4ccc5c(c4)c4cc6ccccc6cc4n5-c4cccc5c4sc4ccccc45)ccc2n3-c2ccccc2)cc1. The fourth-order valence-electron chi connectivity index (χ4n) is 8.92. The predicted octanol–water partition coefficient (Wildman–Crippen LogP) is 14.7. The number of para-hydroxylation sites is 1. The third-order valence-electron chi connectivity index (χ3n) is 11.5. The lowest BCUT2D eigenvalue weighted by Gasteiger charge is -2.10. The van der Waals surface area contributed by atoms with E-state index in [1.165, 1.54) is 102 Å². The Balaban J connectivity index is 1.11. The van der Waals surface area contributed by atoms with Crippen LogP contribution in [0.3, 0.4) is 0 Å². The van der Waals surface area contributed by atoms with Crippen LogP contribution in [0.25, 0.3) is 108 Å². The van der Waals surface area contributed by atoms with Gasteiger partial charge in [0.05, 0.1) is 32.5 Å². The van der Waals surface area contributed by atoms with Crippen LogP contribution in [0.5, 0.6) is 0 Å². The topological polar surface area (TPSA) is 9.86 Å². The van der Waals surface area contributed by atoms with Gasteiger partial charge in [0.1, 0.15) is 0 Å². The molecule has 55 heavy (non-hydrogen) atoms. The third-order valence-corrected chi connectivity index (χ3v) is 12.7. The molecule has 12 rings (SSSR count). The van der Waals surface area contributed by atoms with Crippen LogP contribution in [0.4, 0.5) is 0 Å². The molecule has 2 nitrogen and oxygen atoms in total. The van der Waals surface area contributed by atoms with Gasteiger partial charge in [-0.25, -0.2) is 0 Å². The van der Waals surface area contributed by atoms with Crippen LogP contribution in [-0.2, 0) is 0 Å². The summed E-state index contributed by atoms with van der Waals surface area (Å²) in [4.78, 5) is 0. The highest BCUT2D eigenvalue weighted by Gasteiger charge is 2.19. The summed E-state index contributed by atoms with van der Waals surface area (Å²) in [7, 11) is 0. The minimum atomic E-state index is 1.16. The zero-order chi connectivity index (χ0) is 36.0. The van der Waals surface area contributed by atoms with Crippen molar-refractivity contribution in [1.29, 1.82) is 0 Å². The first-order valence-electron chi connectivity index (χ1n) is 18.8. The summed E-state index contributed by atoms with van der Waals surface area (Å²) in [5.41, 5.74) is 12.1. The van der Waals surface area contributed by atoms with Crippen molar-refractivity contribution < 1.29 is 0 Å². The van der Waals surface area contributed by atoms with E-state index in [0.717, 1.165) is 5.69 Å². The van der Waals surface area contributed by atoms with Gasteiger partial charge in [0.15, 0.2) is 0 Å². The molecule has 3 heteroatoms. The van der Waals surface area contributed by atoms with Crippen molar-refractivity contribution in [3.8, 4) is 33.6 Å². The van der Waals surface area contributed by atoms with Crippen molar-refractivity contribution in [2.24, 2.45) is 0 Å². The first kappa shape index (κ1) is 30.5. The lowest BCUT2D eigenvalue weighted by molar-refractivity contribution is 1.18. The van der Waals surface area contributed by atoms with Crippen LogP contribution >= 0.6 is 11.3 Å². The first-order chi connectivity index (χ1) is 27.3. The summed E-state index contributed by atoms with van der Waals surface area (Å²) in [5, 5.41) is 10.2. The highest BCUT2D eigenvalue weighted by Crippen LogP contribution is 2.43. The van der Waals surface area contributed by atoms with Crippen LogP contribution in [0.2, 0.25) is 0 Å². The van der Waals surface area contributed by atoms with Crippen LogP contribution in [0.1, 0.15) is 0 Å². The predicted molar refractivity (Wildman–Crippen MR) is 236 cm³/mol. The Morgan fingerprint density at radius 3 is 1.53 bits per heavy atom. The number of thiophene rings is 1. The second-order valence-corrected chi connectivity index (χ2v) is 15.6. The molecule has 0 amide bonds. The monoisotopic (exact) mass is 716 g/mol. The van der Waals surface area contributed by atoms with Gasteiger partial charge in [0.2, 0.25) is 0 Å². The molecular weight excluding hydrogens is 685 g/mol. The number of aromatic nitrogens is 2. The average Bonchev–Trinajstić information content (AvgIpc) is 3.90. The van der Waals surface area contributed by atoms with Crippen LogP contribution in [-0.4, -0.2) is 9.13 Å². The molecule has 9 aromatic carbocycles. The van der Waals surface area contributed by atoms with E-state index >= 15 is 0 Å². The molecule has 0 atom stereocenters. The van der Waals surface area contributed by atoms with Crippen LogP contribution in [0, 0.1) is 0 Å². The van der Waals surface area contributed by atoms with E-state index in [1.807, 2.05) is 11.3 Å². The fourth-order valence-corrected chi connectivity index (χ4v) is 10.1. The molecule has 0 aliphatic carbocycles. The van der Waals surface area contributed by atoms with Crippen molar-refractivity contribution in [2.45, 2.75) is 0 Å². The van der Waals surface area contributed by atoms with Gasteiger partial charge in [-0.05, 0) is 106 Å². The number of hydrogen-bond acceptors (Lipinski definition) is 1. The molecule has 0 aliphatic rings. The second kappa shape index (κ2) is 11.8. The second-order valence-electron chi connectivity index (χ2n) is 14.5. The lowest BCUT2D eigenvalue weighted by Crippen LogP contribution is -1.94. The van der Waals surface area contributed by atoms with Gasteiger partial charge >= 0.3 is 0 Å². The molecule has 0 N–H and O–H groups in total. The van der Waals surface area contributed by atoms with E-state index in [-0.39, 0.29) is 0 Å². The first-order valence-corrected chi connectivity index (χ1v) is 19.7. The molecule has 0 unspecified atom stereocenters. The summed E-state index contributed by atoms with van der Waals surface area (Å²) in [6, 6.07) is 71.5. The molecule has 3 aromatic heterocycles. The highest BCUT2D eigenvalue weighted by molar-refractivity contribution is 7.26. The van der Waals surface area contributed by atoms with Gasteiger partial charge in [-0.1, -0.05) is 121 Å². The van der Waals surface area contributed by atoms with Gasteiger partial charge in [-0.3, -0.25) is 0 Å². The van der Waals surface area contributed by atoms with Gasteiger partial charge in [-0.2, -0.15) is 0 Å². The molecule has 0 aliphatic heterocycles. The van der Waals surface area contributed by atoms with Crippen molar-refractivity contribution in [2.75, 3.05) is 0 Å². The summed E-state index contributed by atoms with van der Waals surface area (Å²) in [6.07, 6.45) is 0. The Morgan fingerprint density at radius 1 is 0.309 bits per heavy atom. The van der Waals surface area contributed by atoms with Crippen molar-refractivity contribution >= 4 is 85.9 Å². The number of hydrogen-bond donors (Lipinski definition) is 0. The van der Waals surface area contributed by atoms with Gasteiger partial charge in [0, 0.05) is 42.7 Å². The molecule has 0 radical (unpaired) electrons. The van der Waals surface area contributed by atoms with Crippen molar-refractivity contribution in [1.82, 2.24) is 9.13 Å². The van der Waals surface area contributed by atoms with Crippen molar-refractivity contribution in [3.05, 3.63) is 194 Å². The Bertz CT molecular complexity index is 3470. The van der Waals surface area contributed by atoms with E-state index in [9.17, 15) is 0 Å². The van der Waals surface area contributed by atoms with Crippen LogP contribution < -0.4 is 0 Å². The van der Waals surface area contributed by atoms with Gasteiger partial charge in [0.25, 0.3) is 0 Å². The van der Waals surface area contributed by atoms with E-state index in [1.54, 1.807) is 0 Å². The van der Waals surface area contributed by atoms with Crippen LogP contribution in [0.15, 0.2) is 194 Å². The zero-order valence-corrected chi connectivity index (χ0v) is 30.6. The number of fused-ring (bicyclic) bond motifs is 10. The fraction of sp³-hybridized carbons (Fsp3) is 0. The summed E-state index contributed by atoms with van der Waals surface area (Å²) in [5.74, 6) is 0. The molecule has 12 aromatic rings. The van der Waals surface area contributed by atoms with Crippen molar-refractivity contribution in [3.63, 3.8) is 0 Å². The Labute approximate surface area is 321 Å². The van der Waals surface area contributed by atoms with E-state index < -0.39 is 0 Å². The molecule has 256 valence electrons. The summed E-state index contributed by atoms with van der Waals surface area (Å²) in [6.45, 7) is 0. The normalized spacial score (nSPS) is 12.0. The maximum atomic E-state index is 2.50. The van der Waals surface area contributed by atoms with E-state index in [2.05, 4.69) is 203 Å². The lowest BCUT2D eigenvalue weighted by atomic mass is 9.99. The quantitative estimate of drug-likeness (QED) is 0.172. The number of nitrogens with zero attached hydrogens (tertiary/aromatic N) is 2. The Morgan fingerprint density at radius 2 is 0.836 bits per heavy atom. The molecule has 3 heterocycles. The highest BCUT2D eigenvalue weighted by atomic mass is 32.1. The number of benzene rings is 9. The molecular formula is C52H32N2S. The smallest absolute Gasteiger partial charge is 0.0640 e. The molecule has 0 saturated carbocycles. The summed E-state index contributed by atoms with van der Waals surface area (Å²) < 4.78 is 7.54.